The number of carbonyl (C=O) groups is 6. The fourth-order valence-electron chi connectivity index (χ4n) is 5.03. The number of aliphatic hydroxyl groups excluding tert-OH is 2. The highest BCUT2D eigenvalue weighted by molar-refractivity contribution is 5.92. The zero-order chi connectivity index (χ0) is 36.6. The van der Waals surface area contributed by atoms with E-state index in [1.165, 1.54) is 6.92 Å². The average Bonchev–Trinajstić information content (AvgIpc) is 2.92. The molecule has 0 radical (unpaired) electrons. The first kappa shape index (κ1) is 43.7. The third kappa shape index (κ3) is 17.5. The van der Waals surface area contributed by atoms with E-state index in [2.05, 4.69) is 26.6 Å². The highest BCUT2D eigenvalue weighted by Crippen LogP contribution is 2.15. The van der Waals surface area contributed by atoms with E-state index in [9.17, 15) is 39.0 Å². The highest BCUT2D eigenvalue weighted by Gasteiger charge is 2.34. The molecule has 14 heteroatoms. The topological polar surface area (TPSA) is 223 Å². The van der Waals surface area contributed by atoms with E-state index in [1.54, 1.807) is 27.7 Å². The fraction of sp³-hybridized carbons (Fsp3) is 0.818. The van der Waals surface area contributed by atoms with Crippen molar-refractivity contribution in [2.45, 2.75) is 150 Å². The maximum atomic E-state index is 13.5. The quantitative estimate of drug-likeness (QED) is 0.0827. The van der Waals surface area contributed by atoms with Crippen LogP contribution in [0.25, 0.3) is 0 Å². The summed E-state index contributed by atoms with van der Waals surface area (Å²) in [6, 6.07) is -4.59. The summed E-state index contributed by atoms with van der Waals surface area (Å²) in [5.41, 5.74) is 0. The van der Waals surface area contributed by atoms with Crippen molar-refractivity contribution in [2.75, 3.05) is 0 Å². The minimum atomic E-state index is -1.33. The van der Waals surface area contributed by atoms with Crippen LogP contribution < -0.4 is 26.6 Å². The molecule has 8 N–H and O–H groups in total. The molecule has 0 saturated carbocycles. The number of nitrogens with one attached hydrogen (secondary N) is 5. The van der Waals surface area contributed by atoms with Crippen LogP contribution in [0.1, 0.15) is 108 Å². The van der Waals surface area contributed by atoms with Crippen LogP contribution in [0, 0.1) is 23.7 Å². The molecule has 0 aromatic rings. The maximum Gasteiger partial charge on any atom is 0.306 e. The monoisotopic (exact) mass is 671 g/mol. The highest BCUT2D eigenvalue weighted by atomic mass is 16.4. The number of aliphatic carboxylic acids is 1. The van der Waals surface area contributed by atoms with Gasteiger partial charge in [-0.15, -0.1) is 0 Å². The van der Waals surface area contributed by atoms with Gasteiger partial charge in [-0.25, -0.2) is 0 Å². The summed E-state index contributed by atoms with van der Waals surface area (Å²) in [5, 5.41) is 43.8. The molecule has 47 heavy (non-hydrogen) atoms. The number of amides is 5. The summed E-state index contributed by atoms with van der Waals surface area (Å²) in [7, 11) is 0. The number of hydrogen-bond acceptors (Lipinski definition) is 8. The second-order valence-electron chi connectivity index (χ2n) is 14.0. The first-order valence-corrected chi connectivity index (χ1v) is 16.8. The number of carboxylic acid groups (broad SMARTS) is 1. The van der Waals surface area contributed by atoms with Gasteiger partial charge in [-0.1, -0.05) is 62.3 Å². The lowest BCUT2D eigenvalue weighted by atomic mass is 9.95. The molecule has 0 aromatic heterocycles. The molecule has 14 nitrogen and oxygen atoms in total. The lowest BCUT2D eigenvalue weighted by Gasteiger charge is -2.31. The summed E-state index contributed by atoms with van der Waals surface area (Å²) < 4.78 is 0. The van der Waals surface area contributed by atoms with Gasteiger partial charge in [0.1, 0.15) is 18.1 Å². The van der Waals surface area contributed by atoms with Crippen molar-refractivity contribution in [2.24, 2.45) is 23.7 Å². The maximum absolute atomic E-state index is 13.5. The van der Waals surface area contributed by atoms with Crippen molar-refractivity contribution in [3.8, 4) is 0 Å². The first-order chi connectivity index (χ1) is 21.7. The Morgan fingerprint density at radius 3 is 1.40 bits per heavy atom. The van der Waals surface area contributed by atoms with Gasteiger partial charge >= 0.3 is 5.97 Å². The van der Waals surface area contributed by atoms with Gasteiger partial charge in [-0.3, -0.25) is 28.8 Å². The molecular weight excluding hydrogens is 610 g/mol. The van der Waals surface area contributed by atoms with Gasteiger partial charge in [-0.2, -0.15) is 0 Å². The Morgan fingerprint density at radius 2 is 0.979 bits per heavy atom. The van der Waals surface area contributed by atoms with Gasteiger partial charge in [0, 0.05) is 6.42 Å². The van der Waals surface area contributed by atoms with Gasteiger partial charge in [-0.05, 0) is 49.9 Å². The summed E-state index contributed by atoms with van der Waals surface area (Å²) in [4.78, 5) is 75.6. The molecule has 0 unspecified atom stereocenters. The van der Waals surface area contributed by atoms with Gasteiger partial charge in [0.25, 0.3) is 0 Å². The van der Waals surface area contributed by atoms with E-state index in [-0.39, 0.29) is 36.0 Å². The summed E-state index contributed by atoms with van der Waals surface area (Å²) in [5.74, 6) is -4.33. The summed E-state index contributed by atoms with van der Waals surface area (Å²) >= 11 is 0. The zero-order valence-electron chi connectivity index (χ0n) is 29.9. The average molecular weight is 672 g/mol. The Kier molecular flexibility index (Phi) is 20.1. The first-order valence-electron chi connectivity index (χ1n) is 16.8. The number of aliphatic hydroxyl groups is 2. The Labute approximate surface area is 280 Å². The zero-order valence-corrected chi connectivity index (χ0v) is 29.9. The summed E-state index contributed by atoms with van der Waals surface area (Å²) in [6.45, 7) is 17.9. The van der Waals surface area contributed by atoms with E-state index in [0.717, 1.165) is 0 Å². The van der Waals surface area contributed by atoms with Crippen LogP contribution in [0.4, 0.5) is 0 Å². The molecule has 0 bridgehead atoms. The van der Waals surface area contributed by atoms with Crippen LogP contribution in [-0.2, 0) is 28.8 Å². The van der Waals surface area contributed by atoms with Gasteiger partial charge in [0.15, 0.2) is 0 Å². The molecule has 0 heterocycles. The van der Waals surface area contributed by atoms with Crippen LogP contribution in [0.5, 0.6) is 0 Å². The normalized spacial score (nSPS) is 16.1. The lowest BCUT2D eigenvalue weighted by molar-refractivity contribution is -0.140. The number of rotatable bonds is 22. The smallest absolute Gasteiger partial charge is 0.306 e. The Bertz CT molecular complexity index is 1030. The molecule has 0 spiro atoms. The van der Waals surface area contributed by atoms with Crippen LogP contribution in [0.2, 0.25) is 0 Å². The van der Waals surface area contributed by atoms with E-state index in [0.29, 0.717) is 19.3 Å². The van der Waals surface area contributed by atoms with E-state index >= 15 is 0 Å². The van der Waals surface area contributed by atoms with E-state index in [1.807, 2.05) is 34.6 Å². The van der Waals surface area contributed by atoms with Crippen molar-refractivity contribution < 1.29 is 44.1 Å². The largest absolute Gasteiger partial charge is 0.481 e. The van der Waals surface area contributed by atoms with Crippen LogP contribution in [-0.4, -0.2) is 93.2 Å². The Hall–Kier alpha value is -3.26. The Morgan fingerprint density at radius 1 is 0.553 bits per heavy atom. The molecule has 0 rings (SSSR count). The number of carboxylic acids is 1. The molecule has 0 fully saturated rings. The predicted octanol–water partition coefficient (Wildman–Crippen LogP) is 1.22. The minimum absolute atomic E-state index is 0.0176. The lowest BCUT2D eigenvalue weighted by Crippen LogP contribution is -2.59. The SMILES string of the molecule is CCCC(=O)N[C@H](C(=O)N[C@H](C(=O)N[C@@H](CC(C)C)[C@H](O)CC(=O)N[C@@H](C)C(=O)N[C@@H](CC(C)C)[C@H](O)CC(=O)O)C(C)C)C(C)C. The van der Waals surface area contributed by atoms with Crippen molar-refractivity contribution in [1.29, 1.82) is 0 Å². The number of carbonyl (C=O) groups excluding carboxylic acids is 5. The molecule has 272 valence electrons. The molecule has 0 aromatic carbocycles. The standard InChI is InChI=1S/C33H61N5O9/c1-11-12-26(41)37-29(19(6)7)33(47)38-30(20(8)9)32(46)36-22(13-17(2)3)24(39)15-27(42)34-21(10)31(45)35-23(14-18(4)5)25(40)16-28(43)44/h17-25,29-30,39-40H,11-16H2,1-10H3,(H,34,42)(H,35,45)(H,36,46)(H,37,41)(H,38,47)(H,43,44)/t21-,22-,23-,24+,25+,29-,30-/m0/s1. The van der Waals surface area contributed by atoms with Crippen LogP contribution in [0.3, 0.4) is 0 Å². The van der Waals surface area contributed by atoms with E-state index < -0.39 is 84.9 Å². The van der Waals surface area contributed by atoms with Crippen molar-refractivity contribution >= 4 is 35.5 Å². The predicted molar refractivity (Wildman–Crippen MR) is 178 cm³/mol. The van der Waals surface area contributed by atoms with E-state index in [4.69, 9.17) is 5.11 Å². The fourth-order valence-corrected chi connectivity index (χ4v) is 5.03. The molecule has 7 atom stereocenters. The molecule has 0 aliphatic rings. The van der Waals surface area contributed by atoms with Crippen molar-refractivity contribution in [3.05, 3.63) is 0 Å². The molecule has 5 amide bonds. The molecular formula is C33H61N5O9. The number of hydrogen-bond donors (Lipinski definition) is 8. The third-order valence-electron chi connectivity index (χ3n) is 7.57. The van der Waals surface area contributed by atoms with Crippen LogP contribution in [0.15, 0.2) is 0 Å². The molecule has 0 aliphatic carbocycles. The molecule has 0 aliphatic heterocycles. The van der Waals surface area contributed by atoms with Crippen molar-refractivity contribution in [1.82, 2.24) is 26.6 Å². The second kappa shape index (κ2) is 21.6. The molecule has 0 saturated heterocycles. The van der Waals surface area contributed by atoms with Gasteiger partial charge in [0.2, 0.25) is 29.5 Å². The van der Waals surface area contributed by atoms with Crippen LogP contribution >= 0.6 is 0 Å². The summed E-state index contributed by atoms with van der Waals surface area (Å²) in [6.07, 6.45) is -2.12. The third-order valence-corrected chi connectivity index (χ3v) is 7.57. The van der Waals surface area contributed by atoms with Gasteiger partial charge in [0.05, 0.1) is 37.1 Å². The Balaban J connectivity index is 5.58. The second-order valence-corrected chi connectivity index (χ2v) is 14.0. The van der Waals surface area contributed by atoms with Gasteiger partial charge < -0.3 is 41.9 Å². The van der Waals surface area contributed by atoms with Crippen molar-refractivity contribution in [3.63, 3.8) is 0 Å². The minimum Gasteiger partial charge on any atom is -0.481 e.